The lowest BCUT2D eigenvalue weighted by Crippen LogP contribution is -2.09. The lowest BCUT2D eigenvalue weighted by molar-refractivity contribution is -0.111. The number of H-pyrrole nitrogens is 1. The molecule has 0 saturated carbocycles. The van der Waals surface area contributed by atoms with E-state index in [0.29, 0.717) is 28.6 Å². The molecule has 0 fully saturated rings. The number of carbonyl (C=O) groups is 1. The molecule has 32 heavy (non-hydrogen) atoms. The van der Waals surface area contributed by atoms with Crippen molar-refractivity contribution < 1.29 is 9.53 Å². The van der Waals surface area contributed by atoms with E-state index in [4.69, 9.17) is 4.74 Å². The third-order valence-corrected chi connectivity index (χ3v) is 4.94. The molecule has 1 amide bonds. The van der Waals surface area contributed by atoms with Gasteiger partial charge in [0, 0.05) is 29.0 Å². The van der Waals surface area contributed by atoms with E-state index in [1.807, 2.05) is 31.2 Å². The first-order valence-electron chi connectivity index (χ1n) is 9.82. The molecular weight excluding hydrogens is 406 g/mol. The summed E-state index contributed by atoms with van der Waals surface area (Å²) in [6.07, 6.45) is 4.52. The predicted molar refractivity (Wildman–Crippen MR) is 125 cm³/mol. The number of nitrogens with zero attached hydrogens (tertiary/aromatic N) is 2. The number of aromatic amines is 1. The quantitative estimate of drug-likeness (QED) is 0.399. The van der Waals surface area contributed by atoms with E-state index in [-0.39, 0.29) is 11.5 Å². The van der Waals surface area contributed by atoms with Crippen molar-refractivity contribution in [3.63, 3.8) is 0 Å². The van der Waals surface area contributed by atoms with E-state index in [9.17, 15) is 9.59 Å². The van der Waals surface area contributed by atoms with E-state index in [1.54, 1.807) is 30.6 Å². The zero-order valence-electron chi connectivity index (χ0n) is 17.6. The number of amides is 1. The van der Waals surface area contributed by atoms with Gasteiger partial charge in [-0.05, 0) is 60.5 Å². The molecule has 8 nitrogen and oxygen atoms in total. The fourth-order valence-electron chi connectivity index (χ4n) is 3.38. The molecule has 0 spiro atoms. The number of aromatic nitrogens is 3. The second kappa shape index (κ2) is 8.73. The minimum absolute atomic E-state index is 0.137. The number of anilines is 3. The monoisotopic (exact) mass is 427 g/mol. The predicted octanol–water partition coefficient (Wildman–Crippen LogP) is 4.17. The van der Waals surface area contributed by atoms with Crippen molar-refractivity contribution in [3.05, 3.63) is 83.4 Å². The van der Waals surface area contributed by atoms with Crippen LogP contribution in [-0.2, 0) is 4.79 Å². The third kappa shape index (κ3) is 4.20. The van der Waals surface area contributed by atoms with E-state index >= 15 is 0 Å². The van der Waals surface area contributed by atoms with Crippen molar-refractivity contribution in [3.8, 4) is 16.9 Å². The highest BCUT2D eigenvalue weighted by molar-refractivity contribution is 6.00. The van der Waals surface area contributed by atoms with Gasteiger partial charge >= 0.3 is 0 Å². The highest BCUT2D eigenvalue weighted by atomic mass is 16.5. The number of hydrogen-bond acceptors (Lipinski definition) is 6. The number of benzene rings is 2. The molecule has 0 aliphatic carbocycles. The van der Waals surface area contributed by atoms with Gasteiger partial charge in [-0.2, -0.15) is 0 Å². The molecule has 3 N–H and O–H groups in total. The average molecular weight is 427 g/mol. The first-order chi connectivity index (χ1) is 15.5. The lowest BCUT2D eigenvalue weighted by Gasteiger charge is -2.12. The van der Waals surface area contributed by atoms with Crippen molar-refractivity contribution in [2.75, 3.05) is 17.7 Å². The second-order valence-electron chi connectivity index (χ2n) is 7.07. The molecule has 2 heterocycles. The summed E-state index contributed by atoms with van der Waals surface area (Å²) in [5, 5.41) is 6.65. The van der Waals surface area contributed by atoms with Gasteiger partial charge in [0.1, 0.15) is 5.75 Å². The standard InChI is InChI=1S/C24H21N5O3/c1-4-21(30)28-19-12-17(6-8-20(19)32-3)27-24-26-13-16-11-15(5-7-18(16)29-24)22-14(2)9-10-25-23(22)31/h4-13H,1H2,2-3H3,(H,25,31)(H,28,30)(H,26,27,29). The number of pyridine rings is 1. The maximum absolute atomic E-state index is 12.3. The van der Waals surface area contributed by atoms with Gasteiger partial charge in [-0.25, -0.2) is 9.97 Å². The van der Waals surface area contributed by atoms with Gasteiger partial charge in [0.15, 0.2) is 0 Å². The van der Waals surface area contributed by atoms with Crippen LogP contribution in [0.4, 0.5) is 17.3 Å². The molecule has 0 saturated heterocycles. The fourth-order valence-corrected chi connectivity index (χ4v) is 3.38. The Labute approximate surface area is 184 Å². The van der Waals surface area contributed by atoms with Gasteiger partial charge in [0.25, 0.3) is 5.56 Å². The number of fused-ring (bicyclic) bond motifs is 1. The van der Waals surface area contributed by atoms with Crippen molar-refractivity contribution >= 4 is 34.1 Å². The Balaban J connectivity index is 1.64. The molecule has 0 unspecified atom stereocenters. The van der Waals surface area contributed by atoms with Crippen LogP contribution in [0.1, 0.15) is 5.56 Å². The number of hydrogen-bond donors (Lipinski definition) is 3. The van der Waals surface area contributed by atoms with E-state index in [2.05, 4.69) is 32.2 Å². The summed E-state index contributed by atoms with van der Waals surface area (Å²) in [6.45, 7) is 5.36. The Hall–Kier alpha value is -4.46. The summed E-state index contributed by atoms with van der Waals surface area (Å²) < 4.78 is 5.29. The first-order valence-corrected chi connectivity index (χ1v) is 9.82. The Bertz CT molecular complexity index is 1390. The first kappa shape index (κ1) is 20.8. The molecule has 0 bridgehead atoms. The summed E-state index contributed by atoms with van der Waals surface area (Å²) in [5.41, 5.74) is 4.09. The third-order valence-electron chi connectivity index (χ3n) is 4.94. The van der Waals surface area contributed by atoms with Crippen LogP contribution >= 0.6 is 0 Å². The van der Waals surface area contributed by atoms with Gasteiger partial charge in [-0.3, -0.25) is 9.59 Å². The highest BCUT2D eigenvalue weighted by Gasteiger charge is 2.10. The number of rotatable bonds is 6. The molecule has 8 heteroatoms. The van der Waals surface area contributed by atoms with E-state index in [0.717, 1.165) is 22.0 Å². The minimum Gasteiger partial charge on any atom is -0.495 e. The zero-order valence-corrected chi connectivity index (χ0v) is 17.6. The van der Waals surface area contributed by atoms with Crippen LogP contribution in [0.5, 0.6) is 5.75 Å². The number of carbonyl (C=O) groups excluding carboxylic acids is 1. The van der Waals surface area contributed by atoms with Crippen LogP contribution < -0.4 is 20.9 Å². The van der Waals surface area contributed by atoms with Gasteiger partial charge in [0.2, 0.25) is 11.9 Å². The Morgan fingerprint density at radius 1 is 1.19 bits per heavy atom. The number of methoxy groups -OCH3 is 1. The minimum atomic E-state index is -0.342. The summed E-state index contributed by atoms with van der Waals surface area (Å²) in [7, 11) is 1.53. The Kier molecular flexibility index (Phi) is 5.67. The number of ether oxygens (including phenoxy) is 1. The molecule has 2 aromatic heterocycles. The summed E-state index contributed by atoms with van der Waals surface area (Å²) in [6, 6.07) is 12.7. The molecule has 0 aliphatic heterocycles. The maximum atomic E-state index is 12.3. The highest BCUT2D eigenvalue weighted by Crippen LogP contribution is 2.29. The van der Waals surface area contributed by atoms with Crippen LogP contribution in [0.3, 0.4) is 0 Å². The van der Waals surface area contributed by atoms with Crippen LogP contribution in [0, 0.1) is 6.92 Å². The van der Waals surface area contributed by atoms with Gasteiger partial charge in [-0.1, -0.05) is 12.6 Å². The molecular formula is C24H21N5O3. The van der Waals surface area contributed by atoms with Crippen LogP contribution in [-0.4, -0.2) is 28.0 Å². The van der Waals surface area contributed by atoms with Crippen molar-refractivity contribution in [1.82, 2.24) is 15.0 Å². The average Bonchev–Trinajstić information content (AvgIpc) is 2.79. The smallest absolute Gasteiger partial charge is 0.256 e. The van der Waals surface area contributed by atoms with Crippen molar-refractivity contribution in [1.29, 1.82) is 0 Å². The maximum Gasteiger partial charge on any atom is 0.256 e. The van der Waals surface area contributed by atoms with E-state index in [1.165, 1.54) is 13.2 Å². The van der Waals surface area contributed by atoms with Crippen molar-refractivity contribution in [2.45, 2.75) is 6.92 Å². The lowest BCUT2D eigenvalue weighted by atomic mass is 10.0. The van der Waals surface area contributed by atoms with Crippen LogP contribution in [0.25, 0.3) is 22.0 Å². The van der Waals surface area contributed by atoms with Gasteiger partial charge in [0.05, 0.1) is 18.3 Å². The normalized spacial score (nSPS) is 10.6. The zero-order chi connectivity index (χ0) is 22.7. The number of nitrogens with one attached hydrogen (secondary N) is 3. The molecule has 2 aromatic carbocycles. The molecule has 160 valence electrons. The Morgan fingerprint density at radius 2 is 2.03 bits per heavy atom. The SMILES string of the molecule is C=CC(=O)Nc1cc(Nc2ncc3cc(-c4c(C)cc[nH]c4=O)ccc3n2)ccc1OC. The molecule has 0 radical (unpaired) electrons. The fraction of sp³-hybridized carbons (Fsp3) is 0.0833. The largest absolute Gasteiger partial charge is 0.495 e. The van der Waals surface area contributed by atoms with E-state index < -0.39 is 0 Å². The van der Waals surface area contributed by atoms with Crippen LogP contribution in [0.15, 0.2) is 72.3 Å². The summed E-state index contributed by atoms with van der Waals surface area (Å²) >= 11 is 0. The second-order valence-corrected chi connectivity index (χ2v) is 7.07. The summed E-state index contributed by atoms with van der Waals surface area (Å²) in [5.74, 6) is 0.569. The van der Waals surface area contributed by atoms with Gasteiger partial charge in [-0.15, -0.1) is 0 Å². The molecule has 0 aliphatic rings. The Morgan fingerprint density at radius 3 is 2.78 bits per heavy atom. The molecule has 0 atom stereocenters. The van der Waals surface area contributed by atoms with Crippen LogP contribution in [0.2, 0.25) is 0 Å². The molecule has 4 rings (SSSR count). The van der Waals surface area contributed by atoms with Gasteiger partial charge < -0.3 is 20.4 Å². The number of aryl methyl sites for hydroxylation is 1. The topological polar surface area (TPSA) is 109 Å². The molecule has 4 aromatic rings. The summed E-state index contributed by atoms with van der Waals surface area (Å²) in [4.78, 5) is 35.6. The van der Waals surface area contributed by atoms with Crippen molar-refractivity contribution in [2.24, 2.45) is 0 Å².